The van der Waals surface area contributed by atoms with Crippen LogP contribution >= 0.6 is 0 Å². The van der Waals surface area contributed by atoms with E-state index in [2.05, 4.69) is 34.9 Å². The number of carbonyl (C=O) groups excluding carboxylic acids is 2. The maximum Gasteiger partial charge on any atom is 0.407 e. The molecule has 34 heavy (non-hydrogen) atoms. The molecule has 1 saturated carbocycles. The molecular formula is C27H32N2O5. The fraction of sp³-hybridized carbons (Fsp3) is 0.444. The number of carbonyl (C=O) groups is 3. The van der Waals surface area contributed by atoms with Crippen molar-refractivity contribution in [2.75, 3.05) is 13.2 Å². The van der Waals surface area contributed by atoms with Crippen LogP contribution in [0.1, 0.15) is 56.6 Å². The second kappa shape index (κ2) is 9.87. The van der Waals surface area contributed by atoms with Crippen molar-refractivity contribution in [3.8, 4) is 11.1 Å². The third-order valence-electron chi connectivity index (χ3n) is 7.47. The van der Waals surface area contributed by atoms with Gasteiger partial charge in [0.2, 0.25) is 5.91 Å². The van der Waals surface area contributed by atoms with E-state index in [1.807, 2.05) is 24.3 Å². The number of aliphatic carboxylic acids is 1. The van der Waals surface area contributed by atoms with E-state index >= 15 is 0 Å². The molecule has 0 spiro atoms. The number of amides is 2. The quantitative estimate of drug-likeness (QED) is 0.540. The summed E-state index contributed by atoms with van der Waals surface area (Å²) in [5.74, 6) is -1.71. The number of ether oxygens (including phenoxy) is 1. The zero-order chi connectivity index (χ0) is 24.3. The van der Waals surface area contributed by atoms with Gasteiger partial charge in [-0.05, 0) is 42.0 Å². The third kappa shape index (κ3) is 4.65. The molecular weight excluding hydrogens is 432 g/mol. The molecule has 2 aromatic rings. The summed E-state index contributed by atoms with van der Waals surface area (Å²) in [4.78, 5) is 36.9. The lowest BCUT2D eigenvalue weighted by Gasteiger charge is -2.26. The first-order valence-corrected chi connectivity index (χ1v) is 11.9. The van der Waals surface area contributed by atoms with Gasteiger partial charge in [0, 0.05) is 18.5 Å². The van der Waals surface area contributed by atoms with Gasteiger partial charge in [-0.2, -0.15) is 0 Å². The van der Waals surface area contributed by atoms with E-state index in [1.54, 1.807) is 13.8 Å². The van der Waals surface area contributed by atoms with Crippen molar-refractivity contribution in [2.45, 2.75) is 51.5 Å². The maximum absolute atomic E-state index is 12.6. The van der Waals surface area contributed by atoms with E-state index in [0.717, 1.165) is 35.1 Å². The van der Waals surface area contributed by atoms with Crippen molar-refractivity contribution in [2.24, 2.45) is 11.3 Å². The molecule has 2 aromatic carbocycles. The highest BCUT2D eigenvalue weighted by molar-refractivity contribution is 5.82. The lowest BCUT2D eigenvalue weighted by atomic mass is 9.86. The molecule has 0 aromatic heterocycles. The average Bonchev–Trinajstić information content (AvgIpc) is 3.44. The minimum Gasteiger partial charge on any atom is -0.481 e. The largest absolute Gasteiger partial charge is 0.481 e. The highest BCUT2D eigenvalue weighted by Gasteiger charge is 2.41. The number of hydrogen-bond donors (Lipinski definition) is 3. The highest BCUT2D eigenvalue weighted by atomic mass is 16.5. The fourth-order valence-corrected chi connectivity index (χ4v) is 5.11. The molecule has 4 rings (SSSR count). The SMILES string of the molecule is CC(NC(=O)OCC1c2ccccc2-c2ccccc21)C(C)C(=O)NCC1(C(=O)O)CCCC1. The molecule has 2 amide bonds. The molecule has 2 aliphatic rings. The number of carboxylic acid groups (broad SMARTS) is 1. The Kier molecular flexibility index (Phi) is 6.91. The Morgan fingerprint density at radius 3 is 2.12 bits per heavy atom. The Bertz CT molecular complexity index is 1030. The van der Waals surface area contributed by atoms with Gasteiger partial charge < -0.3 is 20.5 Å². The zero-order valence-electron chi connectivity index (χ0n) is 19.7. The van der Waals surface area contributed by atoms with E-state index in [9.17, 15) is 19.5 Å². The molecule has 0 saturated heterocycles. The first-order chi connectivity index (χ1) is 16.3. The van der Waals surface area contributed by atoms with Gasteiger partial charge in [-0.25, -0.2) is 4.79 Å². The predicted molar refractivity (Wildman–Crippen MR) is 128 cm³/mol. The topological polar surface area (TPSA) is 105 Å². The summed E-state index contributed by atoms with van der Waals surface area (Å²) in [5, 5.41) is 15.1. The summed E-state index contributed by atoms with van der Waals surface area (Å²) in [6, 6.07) is 15.8. The van der Waals surface area contributed by atoms with Gasteiger partial charge in [-0.15, -0.1) is 0 Å². The van der Waals surface area contributed by atoms with Gasteiger partial charge in [0.25, 0.3) is 0 Å². The van der Waals surface area contributed by atoms with Crippen LogP contribution in [0.15, 0.2) is 48.5 Å². The molecule has 3 N–H and O–H groups in total. The van der Waals surface area contributed by atoms with Crippen molar-refractivity contribution in [3.05, 3.63) is 59.7 Å². The molecule has 2 atom stereocenters. The second-order valence-corrected chi connectivity index (χ2v) is 9.56. The monoisotopic (exact) mass is 464 g/mol. The Hall–Kier alpha value is -3.35. The molecule has 7 heteroatoms. The van der Waals surface area contributed by atoms with E-state index in [1.165, 1.54) is 0 Å². The molecule has 0 radical (unpaired) electrons. The van der Waals surface area contributed by atoms with Crippen LogP contribution in [0.5, 0.6) is 0 Å². The Morgan fingerprint density at radius 1 is 1.00 bits per heavy atom. The van der Waals surface area contributed by atoms with Crippen LogP contribution < -0.4 is 10.6 Å². The van der Waals surface area contributed by atoms with Crippen molar-refractivity contribution in [1.29, 1.82) is 0 Å². The molecule has 0 heterocycles. The minimum absolute atomic E-state index is 0.0344. The van der Waals surface area contributed by atoms with Crippen molar-refractivity contribution in [1.82, 2.24) is 10.6 Å². The first-order valence-electron chi connectivity index (χ1n) is 11.9. The summed E-state index contributed by atoms with van der Waals surface area (Å²) in [6.45, 7) is 3.78. The minimum atomic E-state index is -0.876. The predicted octanol–water partition coefficient (Wildman–Crippen LogP) is 4.31. The molecule has 180 valence electrons. The van der Waals surface area contributed by atoms with Crippen LogP contribution in [-0.2, 0) is 14.3 Å². The average molecular weight is 465 g/mol. The number of fused-ring (bicyclic) bond motifs is 3. The number of hydrogen-bond acceptors (Lipinski definition) is 4. The van der Waals surface area contributed by atoms with Crippen molar-refractivity contribution in [3.63, 3.8) is 0 Å². The molecule has 7 nitrogen and oxygen atoms in total. The van der Waals surface area contributed by atoms with Crippen LogP contribution in [0.25, 0.3) is 11.1 Å². The maximum atomic E-state index is 12.6. The van der Waals surface area contributed by atoms with E-state index < -0.39 is 29.4 Å². The third-order valence-corrected chi connectivity index (χ3v) is 7.47. The van der Waals surface area contributed by atoms with E-state index in [4.69, 9.17) is 4.74 Å². The van der Waals surface area contributed by atoms with Crippen LogP contribution in [0.2, 0.25) is 0 Å². The van der Waals surface area contributed by atoms with Gasteiger partial charge >= 0.3 is 12.1 Å². The van der Waals surface area contributed by atoms with Crippen LogP contribution in [0.4, 0.5) is 4.79 Å². The molecule has 2 aliphatic carbocycles. The van der Waals surface area contributed by atoms with Crippen molar-refractivity contribution < 1.29 is 24.2 Å². The van der Waals surface area contributed by atoms with Crippen LogP contribution in [-0.4, -0.2) is 42.3 Å². The summed E-state index contributed by atoms with van der Waals surface area (Å²) in [7, 11) is 0. The normalized spacial score (nSPS) is 17.8. The zero-order valence-corrected chi connectivity index (χ0v) is 19.7. The smallest absolute Gasteiger partial charge is 0.407 e. The second-order valence-electron chi connectivity index (χ2n) is 9.56. The fourth-order valence-electron chi connectivity index (χ4n) is 5.11. The molecule has 0 aliphatic heterocycles. The summed E-state index contributed by atoms with van der Waals surface area (Å²) < 4.78 is 5.57. The lowest BCUT2D eigenvalue weighted by Crippen LogP contribution is -2.47. The number of carboxylic acids is 1. The van der Waals surface area contributed by atoms with Crippen molar-refractivity contribution >= 4 is 18.0 Å². The lowest BCUT2D eigenvalue weighted by molar-refractivity contribution is -0.148. The van der Waals surface area contributed by atoms with Gasteiger partial charge in [0.1, 0.15) is 6.61 Å². The first kappa shape index (κ1) is 23.8. The number of alkyl carbamates (subject to hydrolysis) is 1. The molecule has 1 fully saturated rings. The molecule has 0 bridgehead atoms. The standard InChI is InChI=1S/C27H32N2O5/c1-17(24(30)28-16-27(25(31)32)13-7-8-14-27)18(2)29-26(33)34-15-23-21-11-5-3-9-19(21)20-10-4-6-12-22(20)23/h3-6,9-12,17-18,23H,7-8,13-16H2,1-2H3,(H,28,30)(H,29,33)(H,31,32). The van der Waals surface area contributed by atoms with Crippen LogP contribution in [0, 0.1) is 11.3 Å². The Labute approximate surface area is 199 Å². The Morgan fingerprint density at radius 2 is 1.56 bits per heavy atom. The van der Waals surface area contributed by atoms with Gasteiger partial charge in [-0.1, -0.05) is 68.3 Å². The Balaban J connectivity index is 1.30. The van der Waals surface area contributed by atoms with Gasteiger partial charge in [0.15, 0.2) is 0 Å². The summed E-state index contributed by atoms with van der Waals surface area (Å²) in [5.41, 5.74) is 3.71. The van der Waals surface area contributed by atoms with Gasteiger partial charge in [-0.3, -0.25) is 9.59 Å². The number of benzene rings is 2. The van der Waals surface area contributed by atoms with E-state index in [-0.39, 0.29) is 25.0 Å². The highest BCUT2D eigenvalue weighted by Crippen LogP contribution is 2.44. The van der Waals surface area contributed by atoms with E-state index in [0.29, 0.717) is 12.8 Å². The van der Waals surface area contributed by atoms with Crippen LogP contribution in [0.3, 0.4) is 0 Å². The summed E-state index contributed by atoms with van der Waals surface area (Å²) >= 11 is 0. The number of rotatable bonds is 8. The number of nitrogens with one attached hydrogen (secondary N) is 2. The summed E-state index contributed by atoms with van der Waals surface area (Å²) in [6.07, 6.45) is 2.29. The van der Waals surface area contributed by atoms with Gasteiger partial charge in [0.05, 0.1) is 11.3 Å². The molecule has 2 unspecified atom stereocenters.